The van der Waals surface area contributed by atoms with Crippen LogP contribution in [0.4, 0.5) is 0 Å². The van der Waals surface area contributed by atoms with Gasteiger partial charge in [-0.15, -0.1) is 0 Å². The number of furan rings is 1. The molecule has 3 aromatic rings. The predicted octanol–water partition coefficient (Wildman–Crippen LogP) is 4.97. The number of aromatic nitrogens is 1. The Morgan fingerprint density at radius 3 is 2.84 bits per heavy atom. The van der Waals surface area contributed by atoms with Gasteiger partial charge >= 0.3 is 0 Å². The van der Waals surface area contributed by atoms with Crippen LogP contribution in [0.3, 0.4) is 0 Å². The maximum atomic E-state index is 12.6. The highest BCUT2D eigenvalue weighted by atomic mass is 35.5. The molecule has 0 saturated heterocycles. The fourth-order valence-corrected chi connectivity index (χ4v) is 4.13. The number of benzene rings is 1. The highest BCUT2D eigenvalue weighted by Crippen LogP contribution is 2.32. The number of halogens is 1. The van der Waals surface area contributed by atoms with Gasteiger partial charge < -0.3 is 4.42 Å². The second-order valence-corrected chi connectivity index (χ2v) is 8.20. The summed E-state index contributed by atoms with van der Waals surface area (Å²) in [6.45, 7) is 1.93. The van der Waals surface area contributed by atoms with Crippen molar-refractivity contribution in [2.45, 2.75) is 6.92 Å². The first-order valence-electron chi connectivity index (χ1n) is 9.26. The van der Waals surface area contributed by atoms with Gasteiger partial charge in [0.2, 0.25) is 5.17 Å². The number of aryl methyl sites for hydroxylation is 1. The third-order valence-electron chi connectivity index (χ3n) is 4.73. The SMILES string of the molecule is Cc1ccc(-c2ccc(/C=C3/C(=N)N4N=C(c5cccnc5)SC4=NC3=O)o2)cc1Cl. The number of amides is 1. The van der Waals surface area contributed by atoms with E-state index >= 15 is 0 Å². The Kier molecular flexibility index (Phi) is 4.80. The predicted molar refractivity (Wildman–Crippen MR) is 122 cm³/mol. The minimum atomic E-state index is -0.511. The number of rotatable bonds is 3. The van der Waals surface area contributed by atoms with Gasteiger partial charge in [-0.2, -0.15) is 15.1 Å². The number of nitrogens with one attached hydrogen (secondary N) is 1. The van der Waals surface area contributed by atoms with Crippen LogP contribution in [-0.4, -0.2) is 31.9 Å². The molecule has 0 atom stereocenters. The van der Waals surface area contributed by atoms with E-state index in [4.69, 9.17) is 21.4 Å². The van der Waals surface area contributed by atoms with Gasteiger partial charge in [0.15, 0.2) is 5.84 Å². The quantitative estimate of drug-likeness (QED) is 0.572. The number of hydrogen-bond donors (Lipinski definition) is 1. The molecule has 2 aliphatic heterocycles. The van der Waals surface area contributed by atoms with Crippen LogP contribution < -0.4 is 0 Å². The monoisotopic (exact) mass is 447 g/mol. The van der Waals surface area contributed by atoms with Crippen LogP contribution in [-0.2, 0) is 4.79 Å². The van der Waals surface area contributed by atoms with E-state index in [1.165, 1.54) is 22.8 Å². The van der Waals surface area contributed by atoms with Crippen molar-refractivity contribution in [1.82, 2.24) is 9.99 Å². The summed E-state index contributed by atoms with van der Waals surface area (Å²) in [6, 6.07) is 12.8. The average Bonchev–Trinajstić information content (AvgIpc) is 3.41. The summed E-state index contributed by atoms with van der Waals surface area (Å²) in [6.07, 6.45) is 4.85. The van der Waals surface area contributed by atoms with Crippen molar-refractivity contribution < 1.29 is 9.21 Å². The lowest BCUT2D eigenvalue weighted by Crippen LogP contribution is -2.35. The van der Waals surface area contributed by atoms with E-state index < -0.39 is 5.91 Å². The van der Waals surface area contributed by atoms with Crippen LogP contribution in [0.15, 0.2) is 74.9 Å². The summed E-state index contributed by atoms with van der Waals surface area (Å²) in [5.74, 6) is 0.475. The number of carbonyl (C=O) groups is 1. The largest absolute Gasteiger partial charge is 0.457 e. The van der Waals surface area contributed by atoms with E-state index in [0.717, 1.165) is 16.7 Å². The summed E-state index contributed by atoms with van der Waals surface area (Å²) >= 11 is 7.44. The number of fused-ring (bicyclic) bond motifs is 1. The minimum absolute atomic E-state index is 0.0577. The zero-order chi connectivity index (χ0) is 21.5. The van der Waals surface area contributed by atoms with Crippen LogP contribution in [0.1, 0.15) is 16.9 Å². The highest BCUT2D eigenvalue weighted by molar-refractivity contribution is 8.27. The number of thioether (sulfide) groups is 1. The number of nitrogens with zero attached hydrogens (tertiary/aromatic N) is 4. The summed E-state index contributed by atoms with van der Waals surface area (Å²) in [4.78, 5) is 20.8. The van der Waals surface area contributed by atoms with Crippen LogP contribution in [0.5, 0.6) is 0 Å². The lowest BCUT2D eigenvalue weighted by molar-refractivity contribution is -0.114. The molecule has 9 heteroatoms. The van der Waals surface area contributed by atoms with Crippen molar-refractivity contribution in [3.63, 3.8) is 0 Å². The van der Waals surface area contributed by atoms with Gasteiger partial charge in [-0.1, -0.05) is 23.7 Å². The average molecular weight is 448 g/mol. The Hall–Kier alpha value is -3.49. The van der Waals surface area contributed by atoms with Gasteiger partial charge in [-0.05, 0) is 60.7 Å². The fourth-order valence-electron chi connectivity index (χ4n) is 3.07. The Bertz CT molecular complexity index is 1330. The van der Waals surface area contributed by atoms with E-state index in [9.17, 15) is 4.79 Å². The van der Waals surface area contributed by atoms with E-state index in [-0.39, 0.29) is 11.4 Å². The van der Waals surface area contributed by atoms with Crippen molar-refractivity contribution in [2.75, 3.05) is 0 Å². The lowest BCUT2D eigenvalue weighted by Gasteiger charge is -2.19. The summed E-state index contributed by atoms with van der Waals surface area (Å²) < 4.78 is 5.87. The first-order valence-corrected chi connectivity index (χ1v) is 10.5. The molecule has 0 bridgehead atoms. The molecule has 0 radical (unpaired) electrons. The molecular weight excluding hydrogens is 434 g/mol. The lowest BCUT2D eigenvalue weighted by atomic mass is 10.1. The summed E-state index contributed by atoms with van der Waals surface area (Å²) in [7, 11) is 0. The molecule has 4 heterocycles. The first kappa shape index (κ1) is 19.5. The molecule has 0 fully saturated rings. The topological polar surface area (TPSA) is 94.9 Å². The van der Waals surface area contributed by atoms with Crippen LogP contribution in [0.25, 0.3) is 17.4 Å². The molecule has 0 aliphatic carbocycles. The number of hydrogen-bond acceptors (Lipinski definition) is 6. The third-order valence-corrected chi connectivity index (χ3v) is 6.10. The molecule has 5 rings (SSSR count). The first-order chi connectivity index (χ1) is 15.0. The summed E-state index contributed by atoms with van der Waals surface area (Å²) in [5, 5.41) is 15.9. The Balaban J connectivity index is 1.45. The molecular formula is C22H14ClN5O2S. The maximum absolute atomic E-state index is 12.6. The molecule has 7 nitrogen and oxygen atoms in total. The number of hydrazone groups is 1. The molecule has 1 amide bonds. The molecule has 0 unspecified atom stereocenters. The van der Waals surface area contributed by atoms with Gasteiger partial charge in [0.25, 0.3) is 5.91 Å². The number of amidine groups is 2. The Labute approximate surface area is 186 Å². The normalized spacial score (nSPS) is 17.1. The van der Waals surface area contributed by atoms with Gasteiger partial charge in [0, 0.05) is 28.5 Å². The van der Waals surface area contributed by atoms with Gasteiger partial charge in [0.05, 0.1) is 5.57 Å². The highest BCUT2D eigenvalue weighted by Gasteiger charge is 2.36. The molecule has 152 valence electrons. The minimum Gasteiger partial charge on any atom is -0.457 e. The number of carbonyl (C=O) groups excluding carboxylic acids is 1. The van der Waals surface area contributed by atoms with E-state index in [2.05, 4.69) is 15.1 Å². The van der Waals surface area contributed by atoms with Crippen LogP contribution in [0, 0.1) is 12.3 Å². The van der Waals surface area contributed by atoms with Crippen LogP contribution in [0.2, 0.25) is 5.02 Å². The Morgan fingerprint density at radius 2 is 2.06 bits per heavy atom. The second-order valence-electron chi connectivity index (χ2n) is 6.83. The number of pyridine rings is 1. The number of aliphatic imine (C=N–C) groups is 1. The fraction of sp³-hybridized carbons (Fsp3) is 0.0455. The smallest absolute Gasteiger partial charge is 0.283 e. The van der Waals surface area contributed by atoms with E-state index in [0.29, 0.717) is 26.8 Å². The van der Waals surface area contributed by atoms with Crippen molar-refractivity contribution in [3.05, 3.63) is 82.3 Å². The van der Waals surface area contributed by atoms with Gasteiger partial charge in [-0.3, -0.25) is 15.2 Å². The zero-order valence-electron chi connectivity index (χ0n) is 16.2. The molecule has 1 aromatic carbocycles. The Morgan fingerprint density at radius 1 is 1.19 bits per heavy atom. The molecule has 0 spiro atoms. The molecule has 2 aliphatic rings. The molecule has 0 saturated carbocycles. The van der Waals surface area contributed by atoms with Crippen molar-refractivity contribution >= 4 is 51.4 Å². The molecule has 2 aromatic heterocycles. The summed E-state index contributed by atoms with van der Waals surface area (Å²) in [5.41, 5.74) is 2.70. The third kappa shape index (κ3) is 3.60. The van der Waals surface area contributed by atoms with E-state index in [1.807, 2.05) is 31.2 Å². The molecule has 31 heavy (non-hydrogen) atoms. The van der Waals surface area contributed by atoms with Crippen molar-refractivity contribution in [2.24, 2.45) is 10.1 Å². The van der Waals surface area contributed by atoms with Gasteiger partial charge in [-0.25, -0.2) is 0 Å². The van der Waals surface area contributed by atoms with E-state index in [1.54, 1.807) is 30.6 Å². The standard InChI is InChI=1S/C22H14ClN5O2S/c1-12-4-5-13(9-17(12)23)18-7-6-15(30-18)10-16-19(24)28-22(26-20(16)29)31-21(27-28)14-3-2-8-25-11-14/h2-11,24H,1H3/b16-10-,24-19?. The zero-order valence-corrected chi connectivity index (χ0v) is 17.7. The van der Waals surface area contributed by atoms with Crippen LogP contribution >= 0.6 is 23.4 Å². The van der Waals surface area contributed by atoms with Crippen molar-refractivity contribution in [1.29, 1.82) is 5.41 Å². The maximum Gasteiger partial charge on any atom is 0.283 e. The van der Waals surface area contributed by atoms with Gasteiger partial charge in [0.1, 0.15) is 16.6 Å². The van der Waals surface area contributed by atoms with Crippen molar-refractivity contribution in [3.8, 4) is 11.3 Å². The second kappa shape index (κ2) is 7.64. The molecule has 1 N–H and O–H groups in total.